The van der Waals surface area contributed by atoms with Crippen LogP contribution in [0.25, 0.3) is 16.5 Å². The van der Waals surface area contributed by atoms with E-state index in [1.165, 1.54) is 43.2 Å². The predicted molar refractivity (Wildman–Crippen MR) is 120 cm³/mol. The number of allylic oxidation sites excluding steroid dienone is 5. The molecule has 0 atom stereocenters. The Kier molecular flexibility index (Phi) is 5.05. The molecule has 1 aromatic carbocycles. The van der Waals surface area contributed by atoms with E-state index in [0.29, 0.717) is 23.6 Å². The number of carbonyl (C=O) groups is 2. The molecule has 0 radical (unpaired) electrons. The van der Waals surface area contributed by atoms with Gasteiger partial charge < -0.3 is 14.4 Å². The highest BCUT2D eigenvalue weighted by Crippen LogP contribution is 2.46. The summed E-state index contributed by atoms with van der Waals surface area (Å²) in [7, 11) is 1.38. The first-order valence-corrected chi connectivity index (χ1v) is 11.2. The summed E-state index contributed by atoms with van der Waals surface area (Å²) < 4.78 is 7.10. The van der Waals surface area contributed by atoms with Crippen molar-refractivity contribution in [1.82, 2.24) is 4.57 Å². The third kappa shape index (κ3) is 3.32. The molecule has 1 saturated carbocycles. The molecule has 0 unspecified atom stereocenters. The Bertz CT molecular complexity index is 1170. The van der Waals surface area contributed by atoms with E-state index in [1.54, 1.807) is 0 Å². The van der Waals surface area contributed by atoms with Crippen LogP contribution in [0.2, 0.25) is 0 Å². The molecular weight excluding hydrogens is 390 g/mol. The number of fused-ring (bicyclic) bond motifs is 4. The van der Waals surface area contributed by atoms with E-state index in [0.717, 1.165) is 42.2 Å². The first-order chi connectivity index (χ1) is 15.1. The van der Waals surface area contributed by atoms with Gasteiger partial charge in [0.25, 0.3) is 0 Å². The number of hydrogen-bond donors (Lipinski definition) is 1. The Morgan fingerprint density at radius 1 is 1.16 bits per heavy atom. The summed E-state index contributed by atoms with van der Waals surface area (Å²) >= 11 is 0. The highest BCUT2D eigenvalue weighted by Gasteiger charge is 2.31. The quantitative estimate of drug-likeness (QED) is 0.660. The number of ether oxygens (including phenoxy) is 1. The number of carboxylic acids is 1. The van der Waals surface area contributed by atoms with Crippen LogP contribution in [0.3, 0.4) is 0 Å². The number of aromatic nitrogens is 1. The molecule has 3 aliphatic rings. The van der Waals surface area contributed by atoms with Crippen molar-refractivity contribution < 1.29 is 19.4 Å². The predicted octanol–water partition coefficient (Wildman–Crippen LogP) is 5.60. The third-order valence-corrected chi connectivity index (χ3v) is 6.96. The number of carbonyl (C=O) groups excluding carboxylic acids is 1. The van der Waals surface area contributed by atoms with Crippen molar-refractivity contribution in [2.75, 3.05) is 7.11 Å². The van der Waals surface area contributed by atoms with Crippen LogP contribution in [-0.4, -0.2) is 28.7 Å². The Labute approximate surface area is 181 Å². The van der Waals surface area contributed by atoms with Crippen molar-refractivity contribution in [1.29, 1.82) is 0 Å². The minimum absolute atomic E-state index is 0.291. The summed E-state index contributed by atoms with van der Waals surface area (Å²) in [6.45, 7) is 0.291. The summed E-state index contributed by atoms with van der Waals surface area (Å²) in [6, 6.07) is 5.75. The fourth-order valence-corrected chi connectivity index (χ4v) is 5.52. The van der Waals surface area contributed by atoms with Gasteiger partial charge in [0.15, 0.2) is 0 Å². The van der Waals surface area contributed by atoms with E-state index in [4.69, 9.17) is 4.74 Å². The number of carboxylic acid groups (broad SMARTS) is 1. The van der Waals surface area contributed by atoms with E-state index in [2.05, 4.69) is 16.7 Å². The molecule has 2 aliphatic carbocycles. The second kappa shape index (κ2) is 7.88. The van der Waals surface area contributed by atoms with Crippen LogP contribution in [-0.2, 0) is 16.1 Å². The van der Waals surface area contributed by atoms with Gasteiger partial charge >= 0.3 is 11.9 Å². The minimum Gasteiger partial charge on any atom is -0.478 e. The van der Waals surface area contributed by atoms with Gasteiger partial charge in [-0.25, -0.2) is 9.59 Å². The number of methoxy groups -OCH3 is 1. The summed E-state index contributed by atoms with van der Waals surface area (Å²) in [5, 5.41) is 11.0. The molecule has 31 heavy (non-hydrogen) atoms. The summed E-state index contributed by atoms with van der Waals surface area (Å²) in [5.74, 6) is -0.814. The molecule has 1 N–H and O–H groups in total. The van der Waals surface area contributed by atoms with E-state index < -0.39 is 5.97 Å². The van der Waals surface area contributed by atoms with Crippen molar-refractivity contribution in [3.8, 4) is 0 Å². The maximum absolute atomic E-state index is 12.2. The molecule has 0 saturated heterocycles. The van der Waals surface area contributed by atoms with E-state index in [1.807, 2.05) is 24.3 Å². The fraction of sp³-hybridized carbons (Fsp3) is 0.385. The van der Waals surface area contributed by atoms with Gasteiger partial charge in [-0.1, -0.05) is 37.5 Å². The van der Waals surface area contributed by atoms with Crippen LogP contribution in [0.4, 0.5) is 0 Å². The van der Waals surface area contributed by atoms with E-state index in [9.17, 15) is 14.7 Å². The second-order valence-electron chi connectivity index (χ2n) is 8.76. The summed E-state index contributed by atoms with van der Waals surface area (Å²) in [5.41, 5.74) is 6.55. The van der Waals surface area contributed by atoms with Crippen LogP contribution < -0.4 is 0 Å². The van der Waals surface area contributed by atoms with Gasteiger partial charge in [0.05, 0.1) is 24.8 Å². The van der Waals surface area contributed by atoms with Crippen molar-refractivity contribution >= 4 is 28.4 Å². The standard InChI is InChI=1S/C26H27NO4/c1-31-26(30)18-11-12-21-22(14-18)27-15-19(25(28)29)13-17-9-5-6-10-20(17)24(27)23(21)16-7-3-2-4-8-16/h5,9,11-14,16H,2-4,6-8,10,15H2,1H3,(H,28,29). The normalized spacial score (nSPS) is 18.9. The van der Waals surface area contributed by atoms with Gasteiger partial charge in [0.1, 0.15) is 0 Å². The second-order valence-corrected chi connectivity index (χ2v) is 8.76. The zero-order valence-electron chi connectivity index (χ0n) is 17.8. The van der Waals surface area contributed by atoms with Gasteiger partial charge in [0.2, 0.25) is 0 Å². The Morgan fingerprint density at radius 3 is 2.71 bits per heavy atom. The first kappa shape index (κ1) is 19.9. The van der Waals surface area contributed by atoms with Crippen molar-refractivity contribution in [3.05, 3.63) is 64.4 Å². The van der Waals surface area contributed by atoms with Crippen molar-refractivity contribution in [2.24, 2.45) is 0 Å². The summed E-state index contributed by atoms with van der Waals surface area (Å²) in [6.07, 6.45) is 13.9. The van der Waals surface area contributed by atoms with Crippen LogP contribution in [0.15, 0.2) is 47.6 Å². The fourth-order valence-electron chi connectivity index (χ4n) is 5.52. The topological polar surface area (TPSA) is 68.5 Å². The largest absolute Gasteiger partial charge is 0.478 e. The minimum atomic E-state index is -0.899. The van der Waals surface area contributed by atoms with Gasteiger partial charge in [-0.2, -0.15) is 0 Å². The summed E-state index contributed by atoms with van der Waals surface area (Å²) in [4.78, 5) is 24.3. The van der Waals surface area contributed by atoms with Crippen molar-refractivity contribution in [3.63, 3.8) is 0 Å². The Balaban J connectivity index is 1.83. The van der Waals surface area contributed by atoms with Crippen LogP contribution in [0, 0.1) is 0 Å². The molecule has 0 bridgehead atoms. The Hall–Kier alpha value is -3.08. The third-order valence-electron chi connectivity index (χ3n) is 6.96. The molecule has 2 heterocycles. The van der Waals surface area contributed by atoms with E-state index in [-0.39, 0.29) is 5.97 Å². The lowest BCUT2D eigenvalue weighted by atomic mass is 9.80. The van der Waals surface area contributed by atoms with Gasteiger partial charge in [-0.15, -0.1) is 0 Å². The molecule has 5 heteroatoms. The average Bonchev–Trinajstić information content (AvgIpc) is 3.01. The van der Waals surface area contributed by atoms with Crippen molar-refractivity contribution in [2.45, 2.75) is 57.4 Å². The lowest BCUT2D eigenvalue weighted by Crippen LogP contribution is -2.12. The smallest absolute Gasteiger partial charge is 0.337 e. The molecule has 1 aliphatic heterocycles. The molecule has 0 spiro atoms. The van der Waals surface area contributed by atoms with Gasteiger partial charge in [-0.3, -0.25) is 0 Å². The maximum atomic E-state index is 12.2. The molecule has 0 amide bonds. The number of esters is 1. The molecule has 1 aromatic heterocycles. The number of benzene rings is 1. The number of nitrogens with zero attached hydrogens (tertiary/aromatic N) is 1. The first-order valence-electron chi connectivity index (χ1n) is 11.2. The van der Waals surface area contributed by atoms with Crippen LogP contribution >= 0.6 is 0 Å². The van der Waals surface area contributed by atoms with Gasteiger partial charge in [-0.05, 0) is 66.5 Å². The highest BCUT2D eigenvalue weighted by molar-refractivity contribution is 5.99. The highest BCUT2D eigenvalue weighted by atomic mass is 16.5. The Morgan fingerprint density at radius 2 is 1.97 bits per heavy atom. The maximum Gasteiger partial charge on any atom is 0.337 e. The molecule has 2 aromatic rings. The zero-order valence-corrected chi connectivity index (χ0v) is 17.8. The SMILES string of the molecule is COC(=O)c1ccc2c(C3CCCCC3)c3n(c2c1)CC(C(=O)O)=CC1=C3CCC=C1. The molecule has 160 valence electrons. The average molecular weight is 418 g/mol. The van der Waals surface area contributed by atoms with Crippen LogP contribution in [0.1, 0.15) is 72.5 Å². The van der Waals surface area contributed by atoms with E-state index >= 15 is 0 Å². The van der Waals surface area contributed by atoms with Crippen LogP contribution in [0.5, 0.6) is 0 Å². The molecule has 1 fully saturated rings. The molecule has 5 rings (SSSR count). The zero-order chi connectivity index (χ0) is 21.5. The number of aliphatic carboxylic acids is 1. The monoisotopic (exact) mass is 417 g/mol. The lowest BCUT2D eigenvalue weighted by molar-refractivity contribution is -0.132. The number of rotatable bonds is 3. The molecule has 5 nitrogen and oxygen atoms in total. The van der Waals surface area contributed by atoms with Gasteiger partial charge in [0, 0.05) is 16.6 Å². The molecular formula is C26H27NO4. The number of hydrogen-bond acceptors (Lipinski definition) is 3. The lowest BCUT2D eigenvalue weighted by Gasteiger charge is -2.25.